The third kappa shape index (κ3) is 8.47. The molecule has 0 saturated heterocycles. The summed E-state index contributed by atoms with van der Waals surface area (Å²) in [6, 6.07) is 14.1. The van der Waals surface area contributed by atoms with Gasteiger partial charge in [0.2, 0.25) is 0 Å². The second-order valence-corrected chi connectivity index (χ2v) is 6.26. The summed E-state index contributed by atoms with van der Waals surface area (Å²) in [5.74, 6) is 1.05. The van der Waals surface area contributed by atoms with Gasteiger partial charge in [-0.15, -0.1) is 0 Å². The van der Waals surface area contributed by atoms with Gasteiger partial charge in [0.25, 0.3) is 5.91 Å². The molecule has 0 atom stereocenters. The Morgan fingerprint density at radius 2 is 1.69 bits per heavy atom. The van der Waals surface area contributed by atoms with Crippen molar-refractivity contribution in [2.24, 2.45) is 0 Å². The highest BCUT2D eigenvalue weighted by Crippen LogP contribution is 2.17. The molecule has 8 heteroatoms. The molecule has 0 fully saturated rings. The van der Waals surface area contributed by atoms with Gasteiger partial charge in [-0.1, -0.05) is 6.07 Å². The van der Waals surface area contributed by atoms with Crippen LogP contribution in [0, 0.1) is 0 Å². The van der Waals surface area contributed by atoms with Crippen molar-refractivity contribution in [1.82, 2.24) is 5.32 Å². The van der Waals surface area contributed by atoms with Crippen LogP contribution in [0.5, 0.6) is 11.5 Å². The van der Waals surface area contributed by atoms with Gasteiger partial charge in [-0.25, -0.2) is 0 Å². The highest BCUT2D eigenvalue weighted by molar-refractivity contribution is 7.80. The molecule has 2 aromatic rings. The topological polar surface area (TPSA) is 78.1 Å². The lowest BCUT2D eigenvalue weighted by Crippen LogP contribution is -2.34. The molecule has 0 aliphatic carbocycles. The lowest BCUT2D eigenvalue weighted by atomic mass is 10.2. The molecule has 2 N–H and O–H groups in total. The zero-order valence-electron chi connectivity index (χ0n) is 16.6. The first kappa shape index (κ1) is 22.6. The molecular formula is C21H26N2O5S. The minimum atomic E-state index is -0.309. The van der Waals surface area contributed by atoms with Crippen LogP contribution in [0.25, 0.3) is 0 Å². The summed E-state index contributed by atoms with van der Waals surface area (Å²) in [5.41, 5.74) is 1.19. The van der Waals surface area contributed by atoms with E-state index in [1.54, 1.807) is 37.4 Å². The van der Waals surface area contributed by atoms with Crippen molar-refractivity contribution in [3.8, 4) is 11.5 Å². The number of hydrogen-bond donors (Lipinski definition) is 2. The fraction of sp³-hybridized carbons (Fsp3) is 0.333. The Bertz CT molecular complexity index is 783. The summed E-state index contributed by atoms with van der Waals surface area (Å²) >= 11 is 5.23. The molecule has 2 aromatic carbocycles. The number of amides is 1. The first-order valence-corrected chi connectivity index (χ1v) is 9.68. The van der Waals surface area contributed by atoms with E-state index < -0.39 is 0 Å². The van der Waals surface area contributed by atoms with Crippen LogP contribution in [-0.2, 0) is 9.47 Å². The average Bonchev–Trinajstić information content (AvgIpc) is 2.72. The van der Waals surface area contributed by atoms with Crippen molar-refractivity contribution in [2.75, 3.05) is 45.5 Å². The number of benzene rings is 2. The molecule has 0 heterocycles. The number of carbonyl (C=O) groups is 1. The lowest BCUT2D eigenvalue weighted by Gasteiger charge is -2.12. The van der Waals surface area contributed by atoms with Crippen molar-refractivity contribution in [3.63, 3.8) is 0 Å². The molecule has 0 saturated carbocycles. The van der Waals surface area contributed by atoms with E-state index in [4.69, 9.17) is 31.2 Å². The number of methoxy groups -OCH3 is 1. The SMILES string of the molecule is CCOCCOc1ccc(C(=O)NC(=S)Nc2cccc(OCCOC)c2)cc1. The van der Waals surface area contributed by atoms with E-state index in [1.165, 1.54) is 0 Å². The van der Waals surface area contributed by atoms with E-state index >= 15 is 0 Å². The van der Waals surface area contributed by atoms with E-state index in [-0.39, 0.29) is 11.0 Å². The van der Waals surface area contributed by atoms with Gasteiger partial charge in [0.1, 0.15) is 24.7 Å². The van der Waals surface area contributed by atoms with Gasteiger partial charge in [0, 0.05) is 31.0 Å². The van der Waals surface area contributed by atoms with Crippen molar-refractivity contribution in [3.05, 3.63) is 54.1 Å². The number of rotatable bonds is 11. The normalized spacial score (nSPS) is 10.3. The first-order valence-electron chi connectivity index (χ1n) is 9.27. The predicted octanol–water partition coefficient (Wildman–Crippen LogP) is 3.25. The smallest absolute Gasteiger partial charge is 0.257 e. The molecule has 29 heavy (non-hydrogen) atoms. The van der Waals surface area contributed by atoms with Gasteiger partial charge in [0.05, 0.1) is 13.2 Å². The van der Waals surface area contributed by atoms with E-state index in [9.17, 15) is 4.79 Å². The van der Waals surface area contributed by atoms with Crippen LogP contribution in [0.3, 0.4) is 0 Å². The molecule has 0 aliphatic heterocycles. The fourth-order valence-corrected chi connectivity index (χ4v) is 2.52. The fourth-order valence-electron chi connectivity index (χ4n) is 2.31. The van der Waals surface area contributed by atoms with Gasteiger partial charge in [-0.2, -0.15) is 0 Å². The summed E-state index contributed by atoms with van der Waals surface area (Å²) < 4.78 is 21.3. The minimum Gasteiger partial charge on any atom is -0.491 e. The minimum absolute atomic E-state index is 0.195. The number of thiocarbonyl (C=S) groups is 1. The first-order chi connectivity index (χ1) is 14.1. The molecule has 7 nitrogen and oxygen atoms in total. The molecule has 0 aliphatic rings. The molecule has 1 amide bonds. The Morgan fingerprint density at radius 3 is 2.41 bits per heavy atom. The molecule has 0 aromatic heterocycles. The predicted molar refractivity (Wildman–Crippen MR) is 116 cm³/mol. The quantitative estimate of drug-likeness (QED) is 0.428. The monoisotopic (exact) mass is 418 g/mol. The van der Waals surface area contributed by atoms with Gasteiger partial charge < -0.3 is 24.3 Å². The Morgan fingerprint density at radius 1 is 0.966 bits per heavy atom. The lowest BCUT2D eigenvalue weighted by molar-refractivity contribution is 0.0977. The molecule has 0 spiro atoms. The second-order valence-electron chi connectivity index (χ2n) is 5.85. The van der Waals surface area contributed by atoms with Crippen LogP contribution < -0.4 is 20.1 Å². The molecule has 0 radical (unpaired) electrons. The van der Waals surface area contributed by atoms with Crippen molar-refractivity contribution in [2.45, 2.75) is 6.92 Å². The van der Waals surface area contributed by atoms with Crippen molar-refractivity contribution >= 4 is 28.9 Å². The second kappa shape index (κ2) is 12.7. The van der Waals surface area contributed by atoms with Crippen molar-refractivity contribution < 1.29 is 23.7 Å². The molecule has 0 bridgehead atoms. The Hall–Kier alpha value is -2.68. The molecular weight excluding hydrogens is 392 g/mol. The van der Waals surface area contributed by atoms with E-state index in [0.29, 0.717) is 55.8 Å². The summed E-state index contributed by atoms with van der Waals surface area (Å²) in [7, 11) is 1.62. The Kier molecular flexibility index (Phi) is 9.91. The molecule has 2 rings (SSSR count). The number of carbonyl (C=O) groups excluding carboxylic acids is 1. The third-order valence-corrected chi connectivity index (χ3v) is 3.90. The highest BCUT2D eigenvalue weighted by Gasteiger charge is 2.09. The largest absolute Gasteiger partial charge is 0.491 e. The van der Waals surface area contributed by atoms with Crippen LogP contribution in [0.4, 0.5) is 5.69 Å². The number of hydrogen-bond acceptors (Lipinski definition) is 6. The zero-order chi connectivity index (χ0) is 20.9. The standard InChI is InChI=1S/C21H26N2O5S/c1-3-26-12-14-27-18-9-7-16(8-10-18)20(24)23-21(29)22-17-5-4-6-19(15-17)28-13-11-25-2/h4-10,15H,3,11-14H2,1-2H3,(H2,22,23,24,29). The van der Waals surface area contributed by atoms with Crippen LogP contribution >= 0.6 is 12.2 Å². The van der Waals surface area contributed by atoms with E-state index in [1.807, 2.05) is 25.1 Å². The van der Waals surface area contributed by atoms with E-state index in [0.717, 1.165) is 0 Å². The summed E-state index contributed by atoms with van der Waals surface area (Å²) in [4.78, 5) is 12.4. The van der Waals surface area contributed by atoms with Gasteiger partial charge in [-0.05, 0) is 55.5 Å². The maximum absolute atomic E-state index is 12.4. The van der Waals surface area contributed by atoms with Crippen LogP contribution in [-0.4, -0.2) is 51.2 Å². The number of nitrogens with one attached hydrogen (secondary N) is 2. The molecule has 0 unspecified atom stereocenters. The van der Waals surface area contributed by atoms with Gasteiger partial charge in [-0.3, -0.25) is 10.1 Å². The van der Waals surface area contributed by atoms with Gasteiger partial charge in [0.15, 0.2) is 5.11 Å². The van der Waals surface area contributed by atoms with Crippen molar-refractivity contribution in [1.29, 1.82) is 0 Å². The third-order valence-electron chi connectivity index (χ3n) is 3.69. The Labute approximate surface area is 176 Å². The van der Waals surface area contributed by atoms with Crippen LogP contribution in [0.15, 0.2) is 48.5 Å². The highest BCUT2D eigenvalue weighted by atomic mass is 32.1. The molecule has 156 valence electrons. The summed E-state index contributed by atoms with van der Waals surface area (Å²) in [5, 5.41) is 5.83. The number of anilines is 1. The Balaban J connectivity index is 1.82. The number of ether oxygens (including phenoxy) is 4. The van der Waals surface area contributed by atoms with Gasteiger partial charge >= 0.3 is 0 Å². The van der Waals surface area contributed by atoms with E-state index in [2.05, 4.69) is 10.6 Å². The summed E-state index contributed by atoms with van der Waals surface area (Å²) in [6.45, 7) is 4.52. The average molecular weight is 419 g/mol. The summed E-state index contributed by atoms with van der Waals surface area (Å²) in [6.07, 6.45) is 0. The maximum Gasteiger partial charge on any atom is 0.257 e. The maximum atomic E-state index is 12.4. The van der Waals surface area contributed by atoms with Crippen LogP contribution in [0.2, 0.25) is 0 Å². The van der Waals surface area contributed by atoms with Crippen LogP contribution in [0.1, 0.15) is 17.3 Å². The zero-order valence-corrected chi connectivity index (χ0v) is 17.4.